The third-order valence-corrected chi connectivity index (χ3v) is 5.92. The monoisotopic (exact) mass is 378 g/mol. The number of ether oxygens (including phenoxy) is 1. The summed E-state index contributed by atoms with van der Waals surface area (Å²) in [6, 6.07) is 15.2. The van der Waals surface area contributed by atoms with Gasteiger partial charge in [0.25, 0.3) is 0 Å². The van der Waals surface area contributed by atoms with Crippen LogP contribution in [0.1, 0.15) is 69.4 Å². The molecule has 2 aromatic rings. The van der Waals surface area contributed by atoms with Crippen molar-refractivity contribution in [2.45, 2.75) is 58.1 Å². The van der Waals surface area contributed by atoms with Gasteiger partial charge in [-0.3, -0.25) is 4.79 Å². The molecule has 1 saturated heterocycles. The van der Waals surface area contributed by atoms with E-state index in [-0.39, 0.29) is 23.5 Å². The maximum absolute atomic E-state index is 11.3. The Bertz CT molecular complexity index is 867. The van der Waals surface area contributed by atoms with Crippen molar-refractivity contribution in [3.05, 3.63) is 59.2 Å². The van der Waals surface area contributed by atoms with Gasteiger partial charge in [0.15, 0.2) is 0 Å². The van der Waals surface area contributed by atoms with E-state index in [9.17, 15) is 4.79 Å². The number of hydrogen-bond donors (Lipinski definition) is 2. The van der Waals surface area contributed by atoms with Crippen LogP contribution in [0.4, 0.5) is 11.4 Å². The zero-order valence-corrected chi connectivity index (χ0v) is 17.2. The molecule has 2 aliphatic heterocycles. The molecule has 28 heavy (non-hydrogen) atoms. The molecular formula is C24H30N2O2. The lowest BCUT2D eigenvalue weighted by molar-refractivity contribution is -0.114. The molecule has 1 amide bonds. The smallest absolute Gasteiger partial charge is 0.221 e. The molecule has 0 radical (unpaired) electrons. The summed E-state index contributed by atoms with van der Waals surface area (Å²) in [5.74, 6) is 0.357. The van der Waals surface area contributed by atoms with Crippen LogP contribution in [0.25, 0.3) is 0 Å². The van der Waals surface area contributed by atoms with Crippen molar-refractivity contribution in [3.63, 3.8) is 0 Å². The van der Waals surface area contributed by atoms with E-state index in [1.165, 1.54) is 29.3 Å². The van der Waals surface area contributed by atoms with E-state index in [4.69, 9.17) is 4.74 Å². The third-order valence-electron chi connectivity index (χ3n) is 5.92. The summed E-state index contributed by atoms with van der Waals surface area (Å²) in [5.41, 5.74) is 6.00. The minimum Gasteiger partial charge on any atom is -0.378 e. The molecule has 2 aliphatic rings. The molecule has 2 heterocycles. The first-order valence-electron chi connectivity index (χ1n) is 10.2. The number of nitrogens with one attached hydrogen (secondary N) is 2. The summed E-state index contributed by atoms with van der Waals surface area (Å²) in [6.07, 6.45) is 2.37. The van der Waals surface area contributed by atoms with Gasteiger partial charge in [0.1, 0.15) is 0 Å². The number of benzene rings is 2. The Morgan fingerprint density at radius 1 is 1.14 bits per heavy atom. The maximum atomic E-state index is 11.3. The normalized spacial score (nSPS) is 23.9. The molecular weight excluding hydrogens is 348 g/mol. The fraction of sp³-hybridized carbons (Fsp3) is 0.458. The van der Waals surface area contributed by atoms with Gasteiger partial charge in [0, 0.05) is 36.4 Å². The van der Waals surface area contributed by atoms with Crippen LogP contribution in [0.5, 0.6) is 0 Å². The number of rotatable bonds is 2. The van der Waals surface area contributed by atoms with Crippen molar-refractivity contribution in [1.29, 1.82) is 0 Å². The molecule has 0 bridgehead atoms. The predicted octanol–water partition coefficient (Wildman–Crippen LogP) is 5.58. The Morgan fingerprint density at radius 3 is 2.57 bits per heavy atom. The molecule has 0 spiro atoms. The van der Waals surface area contributed by atoms with Gasteiger partial charge in [-0.1, -0.05) is 45.0 Å². The van der Waals surface area contributed by atoms with E-state index in [1.54, 1.807) is 0 Å². The van der Waals surface area contributed by atoms with Gasteiger partial charge in [0.2, 0.25) is 5.91 Å². The van der Waals surface area contributed by atoms with Crippen LogP contribution in [0, 0.1) is 5.92 Å². The molecule has 0 saturated carbocycles. The first kappa shape index (κ1) is 19.0. The molecule has 0 aliphatic carbocycles. The number of carbonyl (C=O) groups excluding carboxylic acids is 1. The van der Waals surface area contributed by atoms with Crippen LogP contribution in [0.3, 0.4) is 0 Å². The second-order valence-electron chi connectivity index (χ2n) is 9.07. The Labute approximate surface area is 167 Å². The van der Waals surface area contributed by atoms with Crippen molar-refractivity contribution >= 4 is 17.3 Å². The highest BCUT2D eigenvalue weighted by molar-refractivity contribution is 5.88. The first-order valence-corrected chi connectivity index (χ1v) is 10.2. The molecule has 0 unspecified atom stereocenters. The second-order valence-corrected chi connectivity index (χ2v) is 9.07. The van der Waals surface area contributed by atoms with Crippen molar-refractivity contribution in [3.8, 4) is 0 Å². The van der Waals surface area contributed by atoms with E-state index in [2.05, 4.69) is 61.7 Å². The quantitative estimate of drug-likeness (QED) is 0.717. The van der Waals surface area contributed by atoms with Crippen LogP contribution in [-0.4, -0.2) is 12.5 Å². The Hall–Kier alpha value is -2.33. The molecule has 0 aromatic heterocycles. The van der Waals surface area contributed by atoms with Crippen LogP contribution in [-0.2, 0) is 14.9 Å². The fourth-order valence-corrected chi connectivity index (χ4v) is 4.44. The standard InChI is InChI=1S/C24H30N2O2/c1-15(27)25-18-10-7-16(8-11-18)22-19-6-5-13-28-23(19)20-14-17(24(2,3)4)9-12-21(20)26-22/h7-12,14,19,22-23,26H,5-6,13H2,1-4H3,(H,25,27)/t19-,22-,23-/m0/s1. The molecule has 1 fully saturated rings. The average Bonchev–Trinajstić information content (AvgIpc) is 2.66. The van der Waals surface area contributed by atoms with Crippen molar-refractivity contribution in [1.82, 2.24) is 0 Å². The summed E-state index contributed by atoms with van der Waals surface area (Å²) in [5, 5.41) is 6.63. The summed E-state index contributed by atoms with van der Waals surface area (Å²) in [7, 11) is 0. The molecule has 3 atom stereocenters. The highest BCUT2D eigenvalue weighted by atomic mass is 16.5. The number of carbonyl (C=O) groups is 1. The maximum Gasteiger partial charge on any atom is 0.221 e. The van der Waals surface area contributed by atoms with Gasteiger partial charge < -0.3 is 15.4 Å². The molecule has 4 heteroatoms. The molecule has 4 nitrogen and oxygen atoms in total. The Kier molecular flexibility index (Phi) is 4.92. The van der Waals surface area contributed by atoms with Crippen LogP contribution < -0.4 is 10.6 Å². The minimum absolute atomic E-state index is 0.0483. The van der Waals surface area contributed by atoms with Gasteiger partial charge in [-0.15, -0.1) is 0 Å². The van der Waals surface area contributed by atoms with E-state index >= 15 is 0 Å². The average molecular weight is 379 g/mol. The van der Waals surface area contributed by atoms with Crippen molar-refractivity contribution in [2.75, 3.05) is 17.2 Å². The second kappa shape index (κ2) is 7.25. The molecule has 2 aromatic carbocycles. The third kappa shape index (κ3) is 3.66. The van der Waals surface area contributed by atoms with Gasteiger partial charge in [-0.2, -0.15) is 0 Å². The van der Waals surface area contributed by atoms with Gasteiger partial charge in [-0.25, -0.2) is 0 Å². The summed E-state index contributed by atoms with van der Waals surface area (Å²) in [4.78, 5) is 11.3. The van der Waals surface area contributed by atoms with E-state index < -0.39 is 0 Å². The van der Waals surface area contributed by atoms with Crippen LogP contribution in [0.15, 0.2) is 42.5 Å². The number of amides is 1. The van der Waals surface area contributed by atoms with Crippen molar-refractivity contribution in [2.24, 2.45) is 5.92 Å². The number of fused-ring (bicyclic) bond motifs is 3. The Balaban J connectivity index is 1.68. The predicted molar refractivity (Wildman–Crippen MR) is 114 cm³/mol. The van der Waals surface area contributed by atoms with E-state index in [1.807, 2.05) is 12.1 Å². The lowest BCUT2D eigenvalue weighted by Crippen LogP contribution is -2.36. The highest BCUT2D eigenvalue weighted by Gasteiger charge is 2.40. The SMILES string of the molecule is CC(=O)Nc1ccc([C@@H]2Nc3ccc(C(C)(C)C)cc3[C@H]3OCCC[C@H]32)cc1. The van der Waals surface area contributed by atoms with Gasteiger partial charge >= 0.3 is 0 Å². The Morgan fingerprint density at radius 2 is 1.89 bits per heavy atom. The zero-order chi connectivity index (χ0) is 19.9. The lowest BCUT2D eigenvalue weighted by Gasteiger charge is -2.44. The summed E-state index contributed by atoms with van der Waals surface area (Å²) >= 11 is 0. The largest absolute Gasteiger partial charge is 0.378 e. The van der Waals surface area contributed by atoms with E-state index in [0.717, 1.165) is 25.1 Å². The van der Waals surface area contributed by atoms with Crippen LogP contribution in [0.2, 0.25) is 0 Å². The van der Waals surface area contributed by atoms with Gasteiger partial charge in [-0.05, 0) is 47.6 Å². The minimum atomic E-state index is -0.0483. The molecule has 2 N–H and O–H groups in total. The zero-order valence-electron chi connectivity index (χ0n) is 17.2. The fourth-order valence-electron chi connectivity index (χ4n) is 4.44. The van der Waals surface area contributed by atoms with Gasteiger partial charge in [0.05, 0.1) is 12.1 Å². The first-order chi connectivity index (χ1) is 13.3. The number of anilines is 2. The lowest BCUT2D eigenvalue weighted by atomic mass is 9.76. The van der Waals surface area contributed by atoms with Crippen LogP contribution >= 0.6 is 0 Å². The summed E-state index contributed by atoms with van der Waals surface area (Å²) in [6.45, 7) is 9.12. The highest BCUT2D eigenvalue weighted by Crippen LogP contribution is 2.49. The summed E-state index contributed by atoms with van der Waals surface area (Å²) < 4.78 is 6.31. The van der Waals surface area contributed by atoms with Crippen molar-refractivity contribution < 1.29 is 9.53 Å². The van der Waals surface area contributed by atoms with E-state index in [0.29, 0.717) is 5.92 Å². The topological polar surface area (TPSA) is 50.4 Å². The molecule has 148 valence electrons. The molecule has 4 rings (SSSR count). The number of hydrogen-bond acceptors (Lipinski definition) is 3.